The number of aromatic nitrogens is 1. The zero-order chi connectivity index (χ0) is 14.3. The highest BCUT2D eigenvalue weighted by atomic mass is 32.2. The number of fused-ring (bicyclic) bond motifs is 1. The van der Waals surface area contributed by atoms with Crippen LogP contribution in [0.5, 0.6) is 0 Å². The Hall–Kier alpha value is -2.14. The highest BCUT2D eigenvalue weighted by Crippen LogP contribution is 2.23. The third-order valence-electron chi connectivity index (χ3n) is 3.20. The Morgan fingerprint density at radius 1 is 1.00 bits per heavy atom. The number of nitrogens with zero attached hydrogens (tertiary/aromatic N) is 1. The SMILES string of the molecule is Cc1ccc(S(=O)(=O)n2ccc3ccc(F)cc32)cc1. The maximum Gasteiger partial charge on any atom is 0.268 e. The summed E-state index contributed by atoms with van der Waals surface area (Å²) in [6, 6.07) is 12.3. The molecule has 102 valence electrons. The van der Waals surface area contributed by atoms with Crippen molar-refractivity contribution in [2.24, 2.45) is 0 Å². The molecule has 0 amide bonds. The predicted octanol–water partition coefficient (Wildman–Crippen LogP) is 3.33. The fourth-order valence-corrected chi connectivity index (χ4v) is 3.46. The number of hydrogen-bond donors (Lipinski definition) is 0. The van der Waals surface area contributed by atoms with Gasteiger partial charge in [-0.2, -0.15) is 0 Å². The molecule has 0 radical (unpaired) electrons. The minimum absolute atomic E-state index is 0.185. The van der Waals surface area contributed by atoms with Crippen LogP contribution in [0.15, 0.2) is 59.6 Å². The van der Waals surface area contributed by atoms with Gasteiger partial charge in [0.2, 0.25) is 0 Å². The van der Waals surface area contributed by atoms with Crippen molar-refractivity contribution in [1.29, 1.82) is 0 Å². The van der Waals surface area contributed by atoms with Crippen molar-refractivity contribution in [3.05, 3.63) is 66.1 Å². The van der Waals surface area contributed by atoms with E-state index in [-0.39, 0.29) is 4.90 Å². The van der Waals surface area contributed by atoms with E-state index >= 15 is 0 Å². The number of rotatable bonds is 2. The average Bonchev–Trinajstić information content (AvgIpc) is 2.82. The lowest BCUT2D eigenvalue weighted by molar-refractivity contribution is 0.589. The van der Waals surface area contributed by atoms with E-state index in [9.17, 15) is 12.8 Å². The molecule has 5 heteroatoms. The predicted molar refractivity (Wildman–Crippen MR) is 75.7 cm³/mol. The quantitative estimate of drug-likeness (QED) is 0.726. The molecular weight excluding hydrogens is 277 g/mol. The molecule has 1 aromatic heterocycles. The fourth-order valence-electron chi connectivity index (χ4n) is 2.11. The smallest absolute Gasteiger partial charge is 0.241 e. The molecule has 0 atom stereocenters. The standard InChI is InChI=1S/C15H12FNO2S/c1-11-2-6-14(7-3-11)20(18,19)17-9-8-12-4-5-13(16)10-15(12)17/h2-10H,1H3. The van der Waals surface area contributed by atoms with Crippen molar-refractivity contribution < 1.29 is 12.8 Å². The van der Waals surface area contributed by atoms with Gasteiger partial charge in [-0.15, -0.1) is 0 Å². The molecule has 0 fully saturated rings. The van der Waals surface area contributed by atoms with E-state index in [2.05, 4.69) is 0 Å². The van der Waals surface area contributed by atoms with Crippen molar-refractivity contribution in [3.8, 4) is 0 Å². The number of aryl methyl sites for hydroxylation is 1. The molecule has 0 aliphatic rings. The molecule has 0 N–H and O–H groups in total. The average molecular weight is 289 g/mol. The summed E-state index contributed by atoms with van der Waals surface area (Å²) in [5.41, 5.74) is 1.32. The number of benzene rings is 2. The first kappa shape index (κ1) is 12.9. The second kappa shape index (κ2) is 4.45. The first-order chi connectivity index (χ1) is 9.48. The summed E-state index contributed by atoms with van der Waals surface area (Å²) < 4.78 is 39.6. The first-order valence-corrected chi connectivity index (χ1v) is 7.51. The molecule has 1 heterocycles. The highest BCUT2D eigenvalue weighted by Gasteiger charge is 2.18. The van der Waals surface area contributed by atoms with E-state index in [1.54, 1.807) is 36.4 Å². The lowest BCUT2D eigenvalue weighted by atomic mass is 10.2. The van der Waals surface area contributed by atoms with Gasteiger partial charge in [-0.1, -0.05) is 17.7 Å². The van der Waals surface area contributed by atoms with Gasteiger partial charge in [-0.05, 0) is 43.3 Å². The van der Waals surface area contributed by atoms with Crippen molar-refractivity contribution in [2.75, 3.05) is 0 Å². The molecule has 2 aromatic carbocycles. The van der Waals surface area contributed by atoms with Crippen molar-refractivity contribution in [3.63, 3.8) is 0 Å². The van der Waals surface area contributed by atoms with Crippen LogP contribution in [0.1, 0.15) is 5.56 Å². The Kier molecular flexibility index (Phi) is 2.87. The molecule has 20 heavy (non-hydrogen) atoms. The summed E-state index contributed by atoms with van der Waals surface area (Å²) in [5.74, 6) is -0.462. The van der Waals surface area contributed by atoms with Crippen LogP contribution in [-0.4, -0.2) is 12.4 Å². The lowest BCUT2D eigenvalue weighted by Gasteiger charge is -2.08. The molecule has 0 unspecified atom stereocenters. The topological polar surface area (TPSA) is 39.1 Å². The summed E-state index contributed by atoms with van der Waals surface area (Å²) >= 11 is 0. The Bertz CT molecular complexity index is 880. The summed E-state index contributed by atoms with van der Waals surface area (Å²) in [7, 11) is -3.71. The van der Waals surface area contributed by atoms with Gasteiger partial charge in [-0.25, -0.2) is 16.8 Å². The second-order valence-electron chi connectivity index (χ2n) is 4.63. The zero-order valence-corrected chi connectivity index (χ0v) is 11.6. The summed E-state index contributed by atoms with van der Waals surface area (Å²) in [5, 5.41) is 0.682. The third-order valence-corrected chi connectivity index (χ3v) is 4.90. The maximum absolute atomic E-state index is 13.3. The Balaban J connectivity index is 2.23. The van der Waals surface area contributed by atoms with Crippen LogP contribution in [0, 0.1) is 12.7 Å². The summed E-state index contributed by atoms with van der Waals surface area (Å²) in [6.45, 7) is 1.89. The number of halogens is 1. The Morgan fingerprint density at radius 3 is 2.40 bits per heavy atom. The molecule has 0 spiro atoms. The molecule has 0 aliphatic heterocycles. The van der Waals surface area contributed by atoms with Crippen LogP contribution in [0.3, 0.4) is 0 Å². The minimum Gasteiger partial charge on any atom is -0.241 e. The van der Waals surface area contributed by atoms with Crippen molar-refractivity contribution in [2.45, 2.75) is 11.8 Å². The molecule has 0 saturated heterocycles. The molecule has 0 bridgehead atoms. The summed E-state index contributed by atoms with van der Waals surface area (Å²) in [4.78, 5) is 0.185. The molecule has 3 rings (SSSR count). The van der Waals surface area contributed by atoms with E-state index in [1.807, 2.05) is 6.92 Å². The Labute approximate surface area is 116 Å². The van der Waals surface area contributed by atoms with Crippen molar-refractivity contribution in [1.82, 2.24) is 3.97 Å². The monoisotopic (exact) mass is 289 g/mol. The zero-order valence-electron chi connectivity index (χ0n) is 10.7. The van der Waals surface area contributed by atoms with Crippen LogP contribution in [0.2, 0.25) is 0 Å². The van der Waals surface area contributed by atoms with Gasteiger partial charge in [0.05, 0.1) is 10.4 Å². The van der Waals surface area contributed by atoms with Crippen LogP contribution >= 0.6 is 0 Å². The van der Waals surface area contributed by atoms with Gasteiger partial charge in [0, 0.05) is 11.6 Å². The van der Waals surface area contributed by atoms with Crippen LogP contribution in [-0.2, 0) is 10.0 Å². The molecule has 3 aromatic rings. The van der Waals surface area contributed by atoms with Crippen LogP contribution in [0.4, 0.5) is 4.39 Å². The van der Waals surface area contributed by atoms with Crippen molar-refractivity contribution >= 4 is 20.9 Å². The van der Waals surface area contributed by atoms with Gasteiger partial charge >= 0.3 is 0 Å². The largest absolute Gasteiger partial charge is 0.268 e. The van der Waals surface area contributed by atoms with E-state index in [0.717, 1.165) is 9.54 Å². The fraction of sp³-hybridized carbons (Fsp3) is 0.0667. The number of hydrogen-bond acceptors (Lipinski definition) is 2. The van der Waals surface area contributed by atoms with Gasteiger partial charge in [0.1, 0.15) is 5.82 Å². The highest BCUT2D eigenvalue weighted by molar-refractivity contribution is 7.90. The molecular formula is C15H12FNO2S. The second-order valence-corrected chi connectivity index (χ2v) is 6.45. The van der Waals surface area contributed by atoms with Gasteiger partial charge in [-0.3, -0.25) is 0 Å². The van der Waals surface area contributed by atoms with Gasteiger partial charge < -0.3 is 0 Å². The Morgan fingerprint density at radius 2 is 1.70 bits per heavy atom. The molecule has 0 aliphatic carbocycles. The lowest BCUT2D eigenvalue weighted by Crippen LogP contribution is -2.11. The third kappa shape index (κ3) is 2.00. The van der Waals surface area contributed by atoms with Gasteiger partial charge in [0.25, 0.3) is 10.0 Å². The van der Waals surface area contributed by atoms with E-state index < -0.39 is 15.8 Å². The molecule has 3 nitrogen and oxygen atoms in total. The van der Waals surface area contributed by atoms with Gasteiger partial charge in [0.15, 0.2) is 0 Å². The summed E-state index contributed by atoms with van der Waals surface area (Å²) in [6.07, 6.45) is 1.44. The maximum atomic E-state index is 13.3. The van der Waals surface area contributed by atoms with Crippen LogP contribution < -0.4 is 0 Å². The normalized spacial score (nSPS) is 11.9. The van der Waals surface area contributed by atoms with E-state index in [1.165, 1.54) is 18.3 Å². The minimum atomic E-state index is -3.71. The van der Waals surface area contributed by atoms with E-state index in [4.69, 9.17) is 0 Å². The van der Waals surface area contributed by atoms with E-state index in [0.29, 0.717) is 10.9 Å². The first-order valence-electron chi connectivity index (χ1n) is 6.07. The van der Waals surface area contributed by atoms with Crippen LogP contribution in [0.25, 0.3) is 10.9 Å². The molecule has 0 saturated carbocycles.